The number of nitrogens with zero attached hydrogens (tertiary/aromatic N) is 2. The number of rotatable bonds is 2. The maximum absolute atomic E-state index is 13.6. The molecule has 3 rings (SSSR count). The fraction of sp³-hybridized carbons (Fsp3) is 0. The van der Waals surface area contributed by atoms with E-state index in [4.69, 9.17) is 15.7 Å². The van der Waals surface area contributed by atoms with Gasteiger partial charge in [0.2, 0.25) is 0 Å². The summed E-state index contributed by atoms with van der Waals surface area (Å²) in [6.45, 7) is 0. The predicted molar refractivity (Wildman–Crippen MR) is 77.3 cm³/mol. The number of aromatic nitrogens is 1. The van der Waals surface area contributed by atoms with Crippen LogP contribution in [0.2, 0.25) is 0 Å². The zero-order chi connectivity index (χ0) is 14.8. The van der Waals surface area contributed by atoms with Crippen LogP contribution in [0.3, 0.4) is 0 Å². The summed E-state index contributed by atoms with van der Waals surface area (Å²) in [6, 6.07) is 13.0. The molecule has 4 nitrogen and oxygen atoms in total. The van der Waals surface area contributed by atoms with Gasteiger partial charge in [0.25, 0.3) is 0 Å². The molecule has 0 radical (unpaired) electrons. The molecule has 0 atom stereocenters. The predicted octanol–water partition coefficient (Wildman–Crippen LogP) is 3.62. The molecule has 0 aliphatic rings. The molecular formula is C16H10FN3O. The van der Waals surface area contributed by atoms with Crippen molar-refractivity contribution in [2.75, 3.05) is 5.73 Å². The molecule has 5 heteroatoms. The van der Waals surface area contributed by atoms with Crippen LogP contribution in [0.5, 0.6) is 11.5 Å². The highest BCUT2D eigenvalue weighted by atomic mass is 19.1. The zero-order valence-corrected chi connectivity index (χ0v) is 10.9. The van der Waals surface area contributed by atoms with Gasteiger partial charge in [0.05, 0.1) is 11.2 Å². The number of hydrogen-bond donors (Lipinski definition) is 1. The first-order chi connectivity index (χ1) is 10.2. The molecule has 3 aromatic rings. The number of halogens is 1. The highest BCUT2D eigenvalue weighted by Gasteiger charge is 2.12. The number of nitriles is 1. The maximum atomic E-state index is 13.6. The molecular weight excluding hydrogens is 269 g/mol. The molecule has 0 aliphatic heterocycles. The zero-order valence-electron chi connectivity index (χ0n) is 10.9. The van der Waals surface area contributed by atoms with Gasteiger partial charge in [0.1, 0.15) is 23.2 Å². The summed E-state index contributed by atoms with van der Waals surface area (Å²) in [5, 5.41) is 9.75. The molecule has 21 heavy (non-hydrogen) atoms. The summed E-state index contributed by atoms with van der Waals surface area (Å²) in [4.78, 5) is 4.19. The standard InChI is InChI=1S/C16H10FN3O/c17-12-4-1-5-14(11(12)9-18)21-15-7-6-13-10(16(15)19)3-2-8-20-13/h1-8H,19H2. The average Bonchev–Trinajstić information content (AvgIpc) is 2.50. The minimum absolute atomic E-state index is 0.132. The molecule has 0 bridgehead atoms. The van der Waals surface area contributed by atoms with Crippen LogP contribution in [0.25, 0.3) is 10.9 Å². The number of pyridine rings is 1. The Kier molecular flexibility index (Phi) is 3.13. The third-order valence-electron chi connectivity index (χ3n) is 3.09. The lowest BCUT2D eigenvalue weighted by Crippen LogP contribution is -1.96. The Morgan fingerprint density at radius 3 is 2.76 bits per heavy atom. The van der Waals surface area contributed by atoms with E-state index in [2.05, 4.69) is 4.98 Å². The lowest BCUT2D eigenvalue weighted by atomic mass is 10.1. The van der Waals surface area contributed by atoms with Crippen molar-refractivity contribution in [2.24, 2.45) is 0 Å². The molecule has 102 valence electrons. The molecule has 0 unspecified atom stereocenters. The number of nitrogens with two attached hydrogens (primary N) is 1. The van der Waals surface area contributed by atoms with Gasteiger partial charge in [-0.3, -0.25) is 4.98 Å². The van der Waals surface area contributed by atoms with Gasteiger partial charge in [-0.2, -0.15) is 5.26 Å². The molecule has 0 aliphatic carbocycles. The fourth-order valence-corrected chi connectivity index (χ4v) is 2.06. The number of benzene rings is 2. The van der Waals surface area contributed by atoms with Crippen molar-refractivity contribution < 1.29 is 9.13 Å². The van der Waals surface area contributed by atoms with Crippen molar-refractivity contribution in [3.63, 3.8) is 0 Å². The van der Waals surface area contributed by atoms with Crippen molar-refractivity contribution in [3.05, 3.63) is 60.0 Å². The van der Waals surface area contributed by atoms with E-state index in [0.717, 1.165) is 10.9 Å². The monoisotopic (exact) mass is 279 g/mol. The highest BCUT2D eigenvalue weighted by Crippen LogP contribution is 2.34. The minimum atomic E-state index is -0.629. The molecule has 0 spiro atoms. The molecule has 0 saturated carbocycles. The van der Waals surface area contributed by atoms with Crippen molar-refractivity contribution in [1.82, 2.24) is 4.98 Å². The van der Waals surface area contributed by atoms with Crippen LogP contribution in [0, 0.1) is 17.1 Å². The van der Waals surface area contributed by atoms with Crippen molar-refractivity contribution in [3.8, 4) is 17.6 Å². The summed E-state index contributed by atoms with van der Waals surface area (Å²) in [7, 11) is 0. The third-order valence-corrected chi connectivity index (χ3v) is 3.09. The van der Waals surface area contributed by atoms with Gasteiger partial charge < -0.3 is 10.5 Å². The van der Waals surface area contributed by atoms with Crippen molar-refractivity contribution >= 4 is 16.6 Å². The molecule has 0 amide bonds. The molecule has 2 aromatic carbocycles. The Morgan fingerprint density at radius 2 is 1.95 bits per heavy atom. The highest BCUT2D eigenvalue weighted by molar-refractivity contribution is 5.93. The summed E-state index contributed by atoms with van der Waals surface area (Å²) in [5.74, 6) is -0.138. The van der Waals surface area contributed by atoms with E-state index < -0.39 is 5.82 Å². The molecule has 0 fully saturated rings. The molecule has 2 N–H and O–H groups in total. The molecule has 1 aromatic heterocycles. The Morgan fingerprint density at radius 1 is 1.10 bits per heavy atom. The van der Waals surface area contributed by atoms with Crippen molar-refractivity contribution in [1.29, 1.82) is 5.26 Å². The third kappa shape index (κ3) is 2.23. The normalized spacial score (nSPS) is 10.3. The van der Waals surface area contributed by atoms with Crippen LogP contribution in [-0.4, -0.2) is 4.98 Å². The van der Waals surface area contributed by atoms with Gasteiger partial charge in [-0.25, -0.2) is 4.39 Å². The quantitative estimate of drug-likeness (QED) is 0.727. The van der Waals surface area contributed by atoms with Crippen LogP contribution in [0.1, 0.15) is 5.56 Å². The van der Waals surface area contributed by atoms with Gasteiger partial charge in [-0.05, 0) is 36.4 Å². The Balaban J connectivity index is 2.09. The van der Waals surface area contributed by atoms with E-state index in [0.29, 0.717) is 11.4 Å². The largest absolute Gasteiger partial charge is 0.454 e. The number of nitrogen functional groups attached to an aromatic ring is 1. The average molecular weight is 279 g/mol. The second kappa shape index (κ2) is 5.10. The second-order valence-corrected chi connectivity index (χ2v) is 4.37. The topological polar surface area (TPSA) is 71.9 Å². The van der Waals surface area contributed by atoms with Gasteiger partial charge in [-0.1, -0.05) is 6.07 Å². The summed E-state index contributed by atoms with van der Waals surface area (Å²) >= 11 is 0. The van der Waals surface area contributed by atoms with Crippen LogP contribution < -0.4 is 10.5 Å². The minimum Gasteiger partial charge on any atom is -0.454 e. The lowest BCUT2D eigenvalue weighted by molar-refractivity contribution is 0.477. The summed E-state index contributed by atoms with van der Waals surface area (Å²) in [5.41, 5.74) is 7.04. The second-order valence-electron chi connectivity index (χ2n) is 4.37. The Hall–Kier alpha value is -3.13. The fourth-order valence-electron chi connectivity index (χ4n) is 2.06. The van der Waals surface area contributed by atoms with Gasteiger partial charge in [-0.15, -0.1) is 0 Å². The van der Waals surface area contributed by atoms with Crippen LogP contribution >= 0.6 is 0 Å². The molecule has 1 heterocycles. The van der Waals surface area contributed by atoms with Gasteiger partial charge in [0.15, 0.2) is 5.75 Å². The van der Waals surface area contributed by atoms with Gasteiger partial charge >= 0.3 is 0 Å². The van der Waals surface area contributed by atoms with E-state index in [1.165, 1.54) is 18.2 Å². The van der Waals surface area contributed by atoms with Crippen LogP contribution in [0.4, 0.5) is 10.1 Å². The van der Waals surface area contributed by atoms with E-state index in [-0.39, 0.29) is 11.3 Å². The smallest absolute Gasteiger partial charge is 0.151 e. The number of hydrogen-bond acceptors (Lipinski definition) is 4. The number of fused-ring (bicyclic) bond motifs is 1. The first-order valence-electron chi connectivity index (χ1n) is 6.20. The first kappa shape index (κ1) is 12.9. The maximum Gasteiger partial charge on any atom is 0.151 e. The van der Waals surface area contributed by atoms with Crippen LogP contribution in [0.15, 0.2) is 48.7 Å². The Bertz CT molecular complexity index is 871. The first-order valence-corrected chi connectivity index (χ1v) is 6.20. The summed E-state index contributed by atoms with van der Waals surface area (Å²) in [6.07, 6.45) is 1.67. The van der Waals surface area contributed by atoms with E-state index >= 15 is 0 Å². The van der Waals surface area contributed by atoms with Crippen LogP contribution in [-0.2, 0) is 0 Å². The van der Waals surface area contributed by atoms with E-state index in [9.17, 15) is 4.39 Å². The van der Waals surface area contributed by atoms with Crippen molar-refractivity contribution in [2.45, 2.75) is 0 Å². The SMILES string of the molecule is N#Cc1c(F)cccc1Oc1ccc2ncccc2c1N. The van der Waals surface area contributed by atoms with E-state index in [1.54, 1.807) is 30.5 Å². The Labute approximate surface area is 120 Å². The van der Waals surface area contributed by atoms with Gasteiger partial charge in [0, 0.05) is 11.6 Å². The van der Waals surface area contributed by atoms with E-state index in [1.807, 2.05) is 6.07 Å². The lowest BCUT2D eigenvalue weighted by Gasteiger charge is -2.11. The molecule has 0 saturated heterocycles. The summed E-state index contributed by atoms with van der Waals surface area (Å²) < 4.78 is 19.2. The number of anilines is 1. The number of ether oxygens (including phenoxy) is 1.